The van der Waals surface area contributed by atoms with Gasteiger partial charge in [0.1, 0.15) is 0 Å². The molecule has 0 spiro atoms. The zero-order valence-electron chi connectivity index (χ0n) is 9.45. The van der Waals surface area contributed by atoms with Gasteiger partial charge in [0.15, 0.2) is 0 Å². The third-order valence-corrected chi connectivity index (χ3v) is 2.50. The van der Waals surface area contributed by atoms with Gasteiger partial charge in [-0.3, -0.25) is 4.79 Å². The van der Waals surface area contributed by atoms with Crippen molar-refractivity contribution in [2.75, 3.05) is 20.2 Å². The molecule has 1 rings (SSSR count). The van der Waals surface area contributed by atoms with Crippen molar-refractivity contribution in [3.8, 4) is 0 Å². The lowest BCUT2D eigenvalue weighted by Crippen LogP contribution is -2.39. The van der Waals surface area contributed by atoms with Crippen LogP contribution in [0.2, 0.25) is 0 Å². The number of rotatable bonds is 2. The molecular formula is C10H18N2O3. The number of carbonyl (C=O) groups excluding carboxylic acids is 2. The van der Waals surface area contributed by atoms with Gasteiger partial charge in [-0.15, -0.1) is 0 Å². The van der Waals surface area contributed by atoms with Crippen molar-refractivity contribution >= 4 is 12.0 Å². The maximum Gasteiger partial charge on any atom is 0.407 e. The van der Waals surface area contributed by atoms with Gasteiger partial charge >= 0.3 is 6.09 Å². The lowest BCUT2D eigenvalue weighted by Gasteiger charge is -2.18. The van der Waals surface area contributed by atoms with Crippen LogP contribution in [0.15, 0.2) is 0 Å². The summed E-state index contributed by atoms with van der Waals surface area (Å²) in [6.45, 7) is 5.06. The van der Waals surface area contributed by atoms with Gasteiger partial charge in [0.2, 0.25) is 5.91 Å². The summed E-state index contributed by atoms with van der Waals surface area (Å²) in [6.07, 6.45) is 0.368. The van der Waals surface area contributed by atoms with Crippen LogP contribution in [-0.4, -0.2) is 43.1 Å². The van der Waals surface area contributed by atoms with E-state index in [1.807, 2.05) is 13.8 Å². The summed E-state index contributed by atoms with van der Waals surface area (Å²) in [5, 5.41) is 2.70. The van der Waals surface area contributed by atoms with Crippen LogP contribution in [0.3, 0.4) is 0 Å². The molecule has 0 aromatic heterocycles. The summed E-state index contributed by atoms with van der Waals surface area (Å²) >= 11 is 0. The molecule has 1 fully saturated rings. The van der Waals surface area contributed by atoms with E-state index in [1.165, 1.54) is 7.11 Å². The molecule has 1 unspecified atom stereocenters. The largest absolute Gasteiger partial charge is 0.453 e. The van der Waals surface area contributed by atoms with Gasteiger partial charge in [-0.1, -0.05) is 13.8 Å². The van der Waals surface area contributed by atoms with Crippen LogP contribution in [-0.2, 0) is 9.53 Å². The van der Waals surface area contributed by atoms with Crippen LogP contribution in [0, 0.1) is 5.92 Å². The second-order valence-corrected chi connectivity index (χ2v) is 4.06. The fraction of sp³-hybridized carbons (Fsp3) is 0.800. The van der Waals surface area contributed by atoms with Crippen LogP contribution in [0.4, 0.5) is 4.79 Å². The van der Waals surface area contributed by atoms with Gasteiger partial charge < -0.3 is 15.0 Å². The highest BCUT2D eigenvalue weighted by molar-refractivity contribution is 5.78. The Morgan fingerprint density at radius 2 is 2.13 bits per heavy atom. The smallest absolute Gasteiger partial charge is 0.407 e. The second kappa shape index (κ2) is 5.00. The zero-order valence-corrected chi connectivity index (χ0v) is 9.45. The van der Waals surface area contributed by atoms with Crippen LogP contribution in [0.1, 0.15) is 20.3 Å². The summed E-state index contributed by atoms with van der Waals surface area (Å²) in [7, 11) is 1.33. The molecule has 1 aliphatic heterocycles. The lowest BCUT2D eigenvalue weighted by molar-refractivity contribution is -0.133. The van der Waals surface area contributed by atoms with Gasteiger partial charge in [-0.2, -0.15) is 0 Å². The summed E-state index contributed by atoms with van der Waals surface area (Å²) in [4.78, 5) is 24.4. The Labute approximate surface area is 89.8 Å². The zero-order chi connectivity index (χ0) is 11.4. The van der Waals surface area contributed by atoms with Crippen molar-refractivity contribution < 1.29 is 14.3 Å². The van der Waals surface area contributed by atoms with E-state index in [4.69, 9.17) is 0 Å². The Morgan fingerprint density at radius 1 is 1.47 bits per heavy atom. The Bertz CT molecular complexity index is 253. The Kier molecular flexibility index (Phi) is 3.94. The number of carbonyl (C=O) groups is 2. The van der Waals surface area contributed by atoms with Gasteiger partial charge in [-0.25, -0.2) is 4.79 Å². The number of ether oxygens (including phenoxy) is 1. The molecule has 5 nitrogen and oxygen atoms in total. The summed E-state index contributed by atoms with van der Waals surface area (Å²) in [5.41, 5.74) is 0. The Hall–Kier alpha value is -1.26. The minimum Gasteiger partial charge on any atom is -0.453 e. The van der Waals surface area contributed by atoms with E-state index < -0.39 is 6.09 Å². The molecule has 86 valence electrons. The van der Waals surface area contributed by atoms with Crippen molar-refractivity contribution in [1.29, 1.82) is 0 Å². The Balaban J connectivity index is 2.39. The molecule has 0 saturated carbocycles. The maximum atomic E-state index is 11.6. The Morgan fingerprint density at radius 3 is 2.67 bits per heavy atom. The molecule has 1 atom stereocenters. The summed E-state index contributed by atoms with van der Waals surface area (Å²) < 4.78 is 4.50. The highest BCUT2D eigenvalue weighted by atomic mass is 16.5. The molecule has 1 heterocycles. The van der Waals surface area contributed by atoms with Crippen molar-refractivity contribution in [1.82, 2.24) is 10.2 Å². The predicted molar refractivity (Wildman–Crippen MR) is 55.4 cm³/mol. The average Bonchev–Trinajstić information content (AvgIpc) is 2.64. The third-order valence-electron chi connectivity index (χ3n) is 2.50. The van der Waals surface area contributed by atoms with E-state index >= 15 is 0 Å². The third kappa shape index (κ3) is 3.11. The van der Waals surface area contributed by atoms with Gasteiger partial charge in [0.05, 0.1) is 13.2 Å². The van der Waals surface area contributed by atoms with Crippen molar-refractivity contribution in [3.05, 3.63) is 0 Å². The normalized spacial score (nSPS) is 20.5. The van der Waals surface area contributed by atoms with E-state index in [-0.39, 0.29) is 17.9 Å². The molecule has 1 N–H and O–H groups in total. The molecule has 0 radical (unpaired) electrons. The van der Waals surface area contributed by atoms with Crippen LogP contribution in [0.25, 0.3) is 0 Å². The number of amides is 2. The minimum absolute atomic E-state index is 0.0156. The molecule has 5 heteroatoms. The summed E-state index contributed by atoms with van der Waals surface area (Å²) in [6, 6.07) is 0.0279. The molecule has 1 aliphatic rings. The average molecular weight is 214 g/mol. The molecule has 0 aromatic rings. The van der Waals surface area contributed by atoms with Crippen LogP contribution in [0.5, 0.6) is 0 Å². The number of hydrogen-bond donors (Lipinski definition) is 1. The molecular weight excluding hydrogens is 196 g/mol. The minimum atomic E-state index is -0.432. The molecule has 15 heavy (non-hydrogen) atoms. The van der Waals surface area contributed by atoms with Crippen LogP contribution >= 0.6 is 0 Å². The molecule has 0 aromatic carbocycles. The number of nitrogens with one attached hydrogen (secondary N) is 1. The van der Waals surface area contributed by atoms with E-state index in [1.54, 1.807) is 4.90 Å². The summed E-state index contributed by atoms with van der Waals surface area (Å²) in [5.74, 6) is 0.158. The number of hydrogen-bond acceptors (Lipinski definition) is 3. The quantitative estimate of drug-likeness (QED) is 0.732. The first-order chi connectivity index (χ1) is 7.04. The number of likely N-dealkylation sites (tertiary alicyclic amines) is 1. The highest BCUT2D eigenvalue weighted by Gasteiger charge is 2.28. The van der Waals surface area contributed by atoms with E-state index in [0.717, 1.165) is 6.42 Å². The number of alkyl carbamates (subject to hydrolysis) is 1. The fourth-order valence-electron chi connectivity index (χ4n) is 1.67. The van der Waals surface area contributed by atoms with Gasteiger partial charge in [-0.05, 0) is 6.42 Å². The van der Waals surface area contributed by atoms with E-state index in [2.05, 4.69) is 10.1 Å². The van der Waals surface area contributed by atoms with E-state index in [9.17, 15) is 9.59 Å². The first kappa shape index (κ1) is 11.8. The van der Waals surface area contributed by atoms with E-state index in [0.29, 0.717) is 13.1 Å². The van der Waals surface area contributed by atoms with Crippen LogP contribution < -0.4 is 5.32 Å². The molecule has 2 amide bonds. The highest BCUT2D eigenvalue weighted by Crippen LogP contribution is 2.12. The van der Waals surface area contributed by atoms with Gasteiger partial charge in [0.25, 0.3) is 0 Å². The first-order valence-corrected chi connectivity index (χ1v) is 5.18. The van der Waals surface area contributed by atoms with Crippen molar-refractivity contribution in [2.24, 2.45) is 5.92 Å². The standard InChI is InChI=1S/C10H18N2O3/c1-7(2)9(13)12-5-4-8(6-12)11-10(14)15-3/h7-8H,4-6H2,1-3H3,(H,11,14). The lowest BCUT2D eigenvalue weighted by atomic mass is 10.2. The molecule has 0 bridgehead atoms. The molecule has 0 aliphatic carbocycles. The number of nitrogens with zero attached hydrogens (tertiary/aromatic N) is 1. The second-order valence-electron chi connectivity index (χ2n) is 4.06. The monoisotopic (exact) mass is 214 g/mol. The first-order valence-electron chi connectivity index (χ1n) is 5.18. The van der Waals surface area contributed by atoms with Crippen molar-refractivity contribution in [3.63, 3.8) is 0 Å². The number of methoxy groups -OCH3 is 1. The maximum absolute atomic E-state index is 11.6. The fourth-order valence-corrected chi connectivity index (χ4v) is 1.67. The van der Waals surface area contributed by atoms with Gasteiger partial charge in [0, 0.05) is 19.0 Å². The SMILES string of the molecule is COC(=O)NC1CCN(C(=O)C(C)C)C1. The predicted octanol–water partition coefficient (Wildman–Crippen LogP) is 0.599. The topological polar surface area (TPSA) is 58.6 Å². The van der Waals surface area contributed by atoms with Crippen molar-refractivity contribution in [2.45, 2.75) is 26.3 Å². The molecule has 1 saturated heterocycles.